The third-order valence-corrected chi connectivity index (χ3v) is 2.96. The maximum absolute atomic E-state index is 12.5. The van der Waals surface area contributed by atoms with Crippen molar-refractivity contribution in [2.45, 2.75) is 46.6 Å². The monoisotopic (exact) mass is 283 g/mol. The van der Waals surface area contributed by atoms with Gasteiger partial charge in [0.05, 0.1) is 18.4 Å². The van der Waals surface area contributed by atoms with Crippen molar-refractivity contribution in [1.82, 2.24) is 9.80 Å². The lowest BCUT2D eigenvalue weighted by molar-refractivity contribution is -0.137. The van der Waals surface area contributed by atoms with Crippen LogP contribution < -0.4 is 0 Å². The number of amides is 2. The van der Waals surface area contributed by atoms with Crippen molar-refractivity contribution in [2.24, 2.45) is 5.92 Å². The molecule has 0 radical (unpaired) electrons. The van der Waals surface area contributed by atoms with Crippen molar-refractivity contribution in [3.8, 4) is 6.07 Å². The van der Waals surface area contributed by atoms with Crippen molar-refractivity contribution in [3.05, 3.63) is 0 Å². The van der Waals surface area contributed by atoms with E-state index in [1.807, 2.05) is 27.7 Å². The molecule has 2 amide bonds. The smallest absolute Gasteiger partial charge is 0.320 e. The fourth-order valence-corrected chi connectivity index (χ4v) is 1.81. The minimum absolute atomic E-state index is 0.0889. The van der Waals surface area contributed by atoms with Crippen LogP contribution in [0.25, 0.3) is 0 Å². The molecule has 0 spiro atoms. The number of carbonyl (C=O) groups excluding carboxylic acids is 1. The van der Waals surface area contributed by atoms with Crippen LogP contribution in [0, 0.1) is 17.2 Å². The molecule has 114 valence electrons. The maximum atomic E-state index is 12.5. The SMILES string of the molecule is CCN(CC(C)C#N)C(=O)N(CCC(=O)O)C(C)(C)C. The third-order valence-electron chi connectivity index (χ3n) is 2.96. The second-order valence-corrected chi connectivity index (χ2v) is 5.82. The molecule has 0 aromatic carbocycles. The molecule has 0 aliphatic heterocycles. The highest BCUT2D eigenvalue weighted by Crippen LogP contribution is 2.17. The highest BCUT2D eigenvalue weighted by atomic mass is 16.4. The fourth-order valence-electron chi connectivity index (χ4n) is 1.81. The van der Waals surface area contributed by atoms with Crippen LogP contribution in [0.4, 0.5) is 4.79 Å². The summed E-state index contributed by atoms with van der Waals surface area (Å²) in [6, 6.07) is 1.89. The number of hydrogen-bond acceptors (Lipinski definition) is 3. The van der Waals surface area contributed by atoms with Gasteiger partial charge in [0, 0.05) is 25.2 Å². The Balaban J connectivity index is 5.00. The zero-order valence-electron chi connectivity index (χ0n) is 13.0. The number of carboxylic acids is 1. The summed E-state index contributed by atoms with van der Waals surface area (Å²) < 4.78 is 0. The summed E-state index contributed by atoms with van der Waals surface area (Å²) >= 11 is 0. The molecule has 0 fully saturated rings. The molecule has 0 aliphatic carbocycles. The van der Waals surface area contributed by atoms with Gasteiger partial charge in [-0.15, -0.1) is 0 Å². The Morgan fingerprint density at radius 2 is 1.90 bits per heavy atom. The van der Waals surface area contributed by atoms with Gasteiger partial charge in [-0.05, 0) is 34.6 Å². The van der Waals surface area contributed by atoms with Gasteiger partial charge in [0.2, 0.25) is 0 Å². The predicted molar refractivity (Wildman–Crippen MR) is 76.1 cm³/mol. The Hall–Kier alpha value is -1.77. The molecule has 0 heterocycles. The molecule has 0 aliphatic rings. The first-order chi connectivity index (χ1) is 9.13. The number of nitriles is 1. The normalized spacial score (nSPS) is 12.4. The topological polar surface area (TPSA) is 84.6 Å². The highest BCUT2D eigenvalue weighted by Gasteiger charge is 2.30. The van der Waals surface area contributed by atoms with Gasteiger partial charge in [-0.2, -0.15) is 5.26 Å². The summed E-state index contributed by atoms with van der Waals surface area (Å²) in [5.74, 6) is -1.18. The van der Waals surface area contributed by atoms with E-state index < -0.39 is 11.5 Å². The molecule has 0 aromatic rings. The van der Waals surface area contributed by atoms with Gasteiger partial charge in [0.25, 0.3) is 0 Å². The van der Waals surface area contributed by atoms with E-state index in [4.69, 9.17) is 10.4 Å². The summed E-state index contributed by atoms with van der Waals surface area (Å²) in [7, 11) is 0. The Morgan fingerprint density at radius 3 is 2.25 bits per heavy atom. The van der Waals surface area contributed by atoms with Gasteiger partial charge in [0.1, 0.15) is 0 Å². The highest BCUT2D eigenvalue weighted by molar-refractivity contribution is 5.76. The molecule has 0 aromatic heterocycles. The lowest BCUT2D eigenvalue weighted by Gasteiger charge is -2.39. The van der Waals surface area contributed by atoms with E-state index in [-0.39, 0.29) is 24.9 Å². The zero-order chi connectivity index (χ0) is 15.9. The number of hydrogen-bond donors (Lipinski definition) is 1. The zero-order valence-corrected chi connectivity index (χ0v) is 13.0. The van der Waals surface area contributed by atoms with Gasteiger partial charge >= 0.3 is 12.0 Å². The van der Waals surface area contributed by atoms with Crippen LogP contribution in [0.2, 0.25) is 0 Å². The van der Waals surface area contributed by atoms with Crippen LogP contribution in [-0.2, 0) is 4.79 Å². The van der Waals surface area contributed by atoms with Crippen LogP contribution in [0.15, 0.2) is 0 Å². The summed E-state index contributed by atoms with van der Waals surface area (Å²) in [5.41, 5.74) is -0.462. The number of nitrogens with zero attached hydrogens (tertiary/aromatic N) is 3. The van der Waals surface area contributed by atoms with Crippen LogP contribution in [0.3, 0.4) is 0 Å². The molecule has 0 bridgehead atoms. The van der Waals surface area contributed by atoms with E-state index in [0.29, 0.717) is 13.1 Å². The lowest BCUT2D eigenvalue weighted by atomic mass is 10.1. The summed E-state index contributed by atoms with van der Waals surface area (Å²) in [4.78, 5) is 26.4. The molecule has 0 saturated heterocycles. The maximum Gasteiger partial charge on any atom is 0.320 e. The average molecular weight is 283 g/mol. The number of aliphatic carboxylic acids is 1. The van der Waals surface area contributed by atoms with Gasteiger partial charge in [-0.3, -0.25) is 4.79 Å². The molecule has 1 N–H and O–H groups in total. The molecular weight excluding hydrogens is 258 g/mol. The van der Waals surface area contributed by atoms with Gasteiger partial charge in [0.15, 0.2) is 0 Å². The molecule has 20 heavy (non-hydrogen) atoms. The number of urea groups is 1. The lowest BCUT2D eigenvalue weighted by Crippen LogP contribution is -2.53. The number of carboxylic acid groups (broad SMARTS) is 1. The Kier molecular flexibility index (Phi) is 7.05. The number of rotatable bonds is 6. The van der Waals surface area contributed by atoms with E-state index in [1.54, 1.807) is 16.7 Å². The predicted octanol–water partition coefficient (Wildman–Crippen LogP) is 2.16. The second-order valence-electron chi connectivity index (χ2n) is 5.82. The van der Waals surface area contributed by atoms with Crippen molar-refractivity contribution in [3.63, 3.8) is 0 Å². The molecule has 6 heteroatoms. The van der Waals surface area contributed by atoms with E-state index in [1.165, 1.54) is 0 Å². The van der Waals surface area contributed by atoms with Gasteiger partial charge < -0.3 is 14.9 Å². The Bertz CT molecular complexity index is 382. The molecule has 6 nitrogen and oxygen atoms in total. The first-order valence-electron chi connectivity index (χ1n) is 6.81. The standard InChI is InChI=1S/C14H25N3O3/c1-6-16(10-11(2)9-15)13(20)17(14(3,4)5)8-7-12(18)19/h11H,6-8,10H2,1-5H3,(H,18,19). The van der Waals surface area contributed by atoms with Crippen LogP contribution >= 0.6 is 0 Å². The van der Waals surface area contributed by atoms with Gasteiger partial charge in [-0.1, -0.05) is 0 Å². The van der Waals surface area contributed by atoms with Crippen LogP contribution in [-0.4, -0.2) is 52.1 Å². The van der Waals surface area contributed by atoms with E-state index >= 15 is 0 Å². The van der Waals surface area contributed by atoms with E-state index in [9.17, 15) is 9.59 Å². The van der Waals surface area contributed by atoms with Crippen molar-refractivity contribution < 1.29 is 14.7 Å². The van der Waals surface area contributed by atoms with E-state index in [0.717, 1.165) is 0 Å². The Morgan fingerprint density at radius 1 is 1.35 bits per heavy atom. The summed E-state index contributed by atoms with van der Waals surface area (Å²) in [6.45, 7) is 10.2. The first kappa shape index (κ1) is 18.2. The minimum atomic E-state index is -0.930. The largest absolute Gasteiger partial charge is 0.481 e. The van der Waals surface area contributed by atoms with Crippen molar-refractivity contribution in [2.75, 3.05) is 19.6 Å². The second kappa shape index (κ2) is 7.73. The van der Waals surface area contributed by atoms with E-state index in [2.05, 4.69) is 6.07 Å². The third kappa shape index (κ3) is 5.91. The molecule has 1 unspecified atom stereocenters. The van der Waals surface area contributed by atoms with Crippen LogP contribution in [0.5, 0.6) is 0 Å². The molecular formula is C14H25N3O3. The molecule has 0 rings (SSSR count). The van der Waals surface area contributed by atoms with Crippen molar-refractivity contribution in [1.29, 1.82) is 5.26 Å². The Labute approximate surface area is 121 Å². The summed E-state index contributed by atoms with van der Waals surface area (Å²) in [6.07, 6.45) is -0.0889. The molecule has 1 atom stereocenters. The molecule has 0 saturated carbocycles. The average Bonchev–Trinajstić information content (AvgIpc) is 2.33. The minimum Gasteiger partial charge on any atom is -0.481 e. The first-order valence-corrected chi connectivity index (χ1v) is 6.81. The van der Waals surface area contributed by atoms with Crippen LogP contribution in [0.1, 0.15) is 41.0 Å². The summed E-state index contributed by atoms with van der Waals surface area (Å²) in [5, 5.41) is 17.7. The van der Waals surface area contributed by atoms with Crippen molar-refractivity contribution >= 4 is 12.0 Å². The quantitative estimate of drug-likeness (QED) is 0.809. The fraction of sp³-hybridized carbons (Fsp3) is 0.786. The number of carbonyl (C=O) groups is 2. The van der Waals surface area contributed by atoms with Gasteiger partial charge in [-0.25, -0.2) is 4.79 Å².